The minimum Gasteiger partial charge on any atom is -0.493 e. The van der Waals surface area contributed by atoms with Crippen LogP contribution in [0.1, 0.15) is 140 Å². The molecule has 2 aromatic carbocycles. The molecule has 0 radical (unpaired) electrons. The number of carbonyl (C=O) groups excluding carboxylic acids is 10. The Labute approximate surface area is 638 Å². The van der Waals surface area contributed by atoms with E-state index < -0.39 is 42.5 Å². The zero-order valence-corrected chi connectivity index (χ0v) is 63.6. The number of amides is 10. The summed E-state index contributed by atoms with van der Waals surface area (Å²) in [5.41, 5.74) is 7.31. The van der Waals surface area contributed by atoms with Gasteiger partial charge in [0.1, 0.15) is 34.2 Å². The number of para-hydroxylation sites is 1. The van der Waals surface area contributed by atoms with Gasteiger partial charge in [-0.3, -0.25) is 57.8 Å². The molecule has 10 aromatic rings. The van der Waals surface area contributed by atoms with E-state index in [9.17, 15) is 53.0 Å². The Balaban J connectivity index is 0.000000244. The molecule has 0 aliphatic carbocycles. The highest BCUT2D eigenvalue weighted by Crippen LogP contribution is 2.41. The van der Waals surface area contributed by atoms with Crippen LogP contribution < -0.4 is 62.1 Å². The van der Waals surface area contributed by atoms with Crippen LogP contribution >= 0.6 is 0 Å². The monoisotopic (exact) mass is 1510 g/mol. The first kappa shape index (κ1) is 78.4. The predicted octanol–water partition coefficient (Wildman–Crippen LogP) is 7.62. The van der Waals surface area contributed by atoms with E-state index in [0.29, 0.717) is 99.9 Å². The summed E-state index contributed by atoms with van der Waals surface area (Å²) >= 11 is 0. The Kier molecular flexibility index (Phi) is 23.8. The van der Waals surface area contributed by atoms with Gasteiger partial charge in [0, 0.05) is 163 Å². The van der Waals surface area contributed by atoms with Crippen LogP contribution in [0.25, 0.3) is 0 Å². The van der Waals surface area contributed by atoms with Crippen molar-refractivity contribution in [1.82, 2.24) is 56.7 Å². The second kappa shape index (κ2) is 33.6. The molecule has 0 fully saturated rings. The molecule has 36 heteroatoms. The van der Waals surface area contributed by atoms with Gasteiger partial charge in [-0.2, -0.15) is 0 Å². The second-order valence-electron chi connectivity index (χ2n) is 26.9. The normalized spacial score (nSPS) is 12.5. The van der Waals surface area contributed by atoms with Crippen molar-refractivity contribution in [2.45, 2.75) is 58.8 Å². The number of ether oxygens (including phenoxy) is 2. The van der Waals surface area contributed by atoms with Crippen LogP contribution in [-0.4, -0.2) is 169 Å². The molecule has 35 nitrogen and oxygen atoms in total. The van der Waals surface area contributed by atoms with E-state index in [4.69, 9.17) is 9.47 Å². The molecule has 8 aromatic heterocycles. The van der Waals surface area contributed by atoms with E-state index in [1.54, 1.807) is 181 Å². The third-order valence-corrected chi connectivity index (χ3v) is 18.1. The first-order valence-corrected chi connectivity index (χ1v) is 35.5. The maximum atomic E-state index is 13.7. The van der Waals surface area contributed by atoms with E-state index in [1.807, 2.05) is 38.1 Å². The molecule has 0 saturated heterocycles. The summed E-state index contributed by atoms with van der Waals surface area (Å²) < 4.78 is 24.1. The number of aromatic nitrogens is 10. The van der Waals surface area contributed by atoms with Gasteiger partial charge in [0.25, 0.3) is 53.2 Å². The summed E-state index contributed by atoms with van der Waals surface area (Å²) in [6.45, 7) is 6.84. The van der Waals surface area contributed by atoms with Crippen molar-refractivity contribution in [2.24, 2.45) is 61.4 Å². The number of aryl methyl sites for hydroxylation is 8. The number of methoxy groups -OCH3 is 1. The van der Waals surface area contributed by atoms with Gasteiger partial charge in [0.05, 0.1) is 59.4 Å². The number of hydrogen-bond acceptors (Lipinski definition) is 17. The maximum Gasteiger partial charge on any atom is 0.406 e. The Morgan fingerprint density at radius 3 is 1.49 bits per heavy atom. The van der Waals surface area contributed by atoms with Crippen LogP contribution in [0, 0.1) is 0 Å². The Morgan fingerprint density at radius 2 is 0.991 bits per heavy atom. The van der Waals surface area contributed by atoms with E-state index in [1.165, 1.54) is 46.8 Å². The van der Waals surface area contributed by atoms with Crippen molar-refractivity contribution >= 4 is 129 Å². The third-order valence-electron chi connectivity index (χ3n) is 18.1. The van der Waals surface area contributed by atoms with Crippen molar-refractivity contribution < 1.29 is 62.4 Å². The minimum absolute atomic E-state index is 0.00982. The molecule has 578 valence electrons. The summed E-state index contributed by atoms with van der Waals surface area (Å²) in [4.78, 5) is 147. The fourth-order valence-corrected chi connectivity index (χ4v) is 12.8. The van der Waals surface area contributed by atoms with Gasteiger partial charge in [0.2, 0.25) is 17.6 Å². The number of carbonyl (C=O) groups is 10. The van der Waals surface area contributed by atoms with E-state index >= 15 is 0 Å². The lowest BCUT2D eigenvalue weighted by Gasteiger charge is -2.22. The van der Waals surface area contributed by atoms with Gasteiger partial charge in [-0.1, -0.05) is 32.0 Å². The highest BCUT2D eigenvalue weighted by atomic mass is 16.5. The average Bonchev–Trinajstić information content (AvgIpc) is 1.62. The number of hydrogen-bond donors (Lipinski definition) is 10. The van der Waals surface area contributed by atoms with Crippen molar-refractivity contribution in [2.75, 3.05) is 81.2 Å². The number of rotatable bonds is 27. The van der Waals surface area contributed by atoms with Gasteiger partial charge in [-0.05, 0) is 80.2 Å². The van der Waals surface area contributed by atoms with Gasteiger partial charge in [-0.15, -0.1) is 0 Å². The Bertz CT molecular complexity index is 5310. The fraction of sp³-hybridized carbons (Fsp3) is 0.293. The zero-order chi connectivity index (χ0) is 79.8. The molecule has 111 heavy (non-hydrogen) atoms. The molecular weight excluding hydrogens is 1430 g/mol. The quantitative estimate of drug-likeness (QED) is 0.0175. The van der Waals surface area contributed by atoms with Crippen LogP contribution in [0.4, 0.5) is 57.1 Å². The lowest BCUT2D eigenvalue weighted by Crippen LogP contribution is -2.37. The number of fused-ring (bicyclic) bond motifs is 4. The van der Waals surface area contributed by atoms with Crippen molar-refractivity contribution in [3.63, 3.8) is 0 Å². The molecule has 10 N–H and O–H groups in total. The highest BCUT2D eigenvalue weighted by Gasteiger charge is 2.37. The summed E-state index contributed by atoms with van der Waals surface area (Å²) in [5, 5.41) is 34.4. The maximum absolute atomic E-state index is 13.7. The molecular formula is C75H87BN22O13. The molecule has 1 atom stereocenters. The number of nitrogens with one attached hydrogen (secondary N) is 9. The molecule has 0 bridgehead atoms. The van der Waals surface area contributed by atoms with Gasteiger partial charge < -0.3 is 104 Å². The minimum atomic E-state index is -0.785. The second-order valence-corrected chi connectivity index (χ2v) is 26.9. The summed E-state index contributed by atoms with van der Waals surface area (Å²) in [5.74, 6) is -2.76. The number of imidazole rings is 2. The van der Waals surface area contributed by atoms with Crippen molar-refractivity contribution in [1.29, 1.82) is 0 Å². The molecule has 0 spiro atoms. The van der Waals surface area contributed by atoms with Crippen LogP contribution in [-0.2, 0) is 67.6 Å². The fourth-order valence-electron chi connectivity index (χ4n) is 12.8. The Hall–Kier alpha value is -13.7. The molecule has 2 aliphatic heterocycles. The molecule has 2 aliphatic rings. The zero-order valence-electron chi connectivity index (χ0n) is 63.6. The number of nitrogens with zero attached hydrogens (tertiary/aromatic N) is 13. The number of anilines is 9. The van der Waals surface area contributed by atoms with Gasteiger partial charge in [0.15, 0.2) is 23.1 Å². The standard InChI is InChI=1S/C48H52N12O8.C27H35BN10O5/c1-8-15-55(2)48(66)38-20-31(26-58(38)5)51-44(62)36-19-30(25-57(36)4)52-46(64)43-53-41(27-59(43)6)54-45(63)37-18-29(24-56(37)3)50-42(61)14-11-16-68-40-22-34-33(21-39(40)67-7)47(65)60-32(23-49-34)17-28-12-9-10-13-35(28)60;1-7-8-29-24(39)19-9-16(12-35(19)3)30-25(40)20-10-17(13-36(20)4)31-27(42)23-32-22(15-38(23)6)33-26(41)21-11-18(14-37(21)5)34-28(2)43/h9-10,12-13,18-27,32H,8,11,14-17H2,1-7H3,(H,50,61)(H,51,62)(H,52,64)(H,54,63);9-15,34,43H,7-8H2,1-6H3,(H,29,39)(H,30,40)(H,31,42)(H,33,41). The van der Waals surface area contributed by atoms with Crippen molar-refractivity contribution in [3.8, 4) is 11.5 Å². The van der Waals surface area contributed by atoms with E-state index in [-0.39, 0.29) is 83.1 Å². The van der Waals surface area contributed by atoms with E-state index in [0.717, 1.165) is 24.1 Å². The lowest BCUT2D eigenvalue weighted by molar-refractivity contribution is -0.116. The Morgan fingerprint density at radius 1 is 0.541 bits per heavy atom. The smallest absolute Gasteiger partial charge is 0.406 e. The summed E-state index contributed by atoms with van der Waals surface area (Å²) in [6.07, 6.45) is 17.3. The molecule has 1 unspecified atom stereocenters. The average molecular weight is 1520 g/mol. The SMILES string of the molecule is CCCN(C)C(=O)c1cc(NC(=O)c2cc(NC(=O)c3nc(NC(=O)c4cc(NC(=O)CCCOc5cc6c(cc5OC)C(=O)N5c7ccccc7CC5C=N6)cn4C)cn3C)cn2C)cn1C.CCCNC(=O)c1cc(NC(=O)c2cc(NC(=O)c3nc(NC(=O)c4cc(NB(C)O)cn4C)cn3C)cn2C)cn1C. The molecule has 12 rings (SSSR count). The highest BCUT2D eigenvalue weighted by molar-refractivity contribution is 6.52. The molecule has 10 amide bonds. The van der Waals surface area contributed by atoms with Crippen LogP contribution in [0.15, 0.2) is 127 Å². The topological polar surface area (TPSA) is 402 Å². The number of aliphatic imine (C=N–C) groups is 1. The molecule has 10 heterocycles. The molecule has 0 saturated carbocycles. The third kappa shape index (κ3) is 18.0. The number of benzene rings is 2. The summed E-state index contributed by atoms with van der Waals surface area (Å²) in [7, 11) is 15.8. The summed E-state index contributed by atoms with van der Waals surface area (Å²) in [6, 6.07) is 20.3. The predicted molar refractivity (Wildman–Crippen MR) is 419 cm³/mol. The first-order valence-electron chi connectivity index (χ1n) is 35.5. The first-order chi connectivity index (χ1) is 53.0. The van der Waals surface area contributed by atoms with Crippen molar-refractivity contribution in [3.05, 3.63) is 179 Å². The largest absolute Gasteiger partial charge is 0.493 e. The lowest BCUT2D eigenvalue weighted by atomic mass is 9.89. The van der Waals surface area contributed by atoms with Gasteiger partial charge >= 0.3 is 7.05 Å². The van der Waals surface area contributed by atoms with Crippen LogP contribution in [0.5, 0.6) is 11.5 Å². The van der Waals surface area contributed by atoms with Crippen LogP contribution in [0.2, 0.25) is 6.82 Å². The van der Waals surface area contributed by atoms with E-state index in [2.05, 4.69) is 62.7 Å². The van der Waals surface area contributed by atoms with Gasteiger partial charge in [-0.25, -0.2) is 9.97 Å². The van der Waals surface area contributed by atoms with Crippen LogP contribution in [0.3, 0.4) is 0 Å².